The van der Waals surface area contributed by atoms with Crippen molar-refractivity contribution >= 4 is 11.8 Å². The first kappa shape index (κ1) is 12.7. The average Bonchev–Trinajstić information content (AvgIpc) is 2.67. The monoisotopic (exact) mass is 248 g/mol. The van der Waals surface area contributed by atoms with Gasteiger partial charge in [0.1, 0.15) is 0 Å². The summed E-state index contributed by atoms with van der Waals surface area (Å²) in [4.78, 5) is 22.5. The highest BCUT2D eigenvalue weighted by atomic mass is 16.5. The molecule has 1 saturated heterocycles. The lowest BCUT2D eigenvalue weighted by Gasteiger charge is -2.12. The highest BCUT2D eigenvalue weighted by Crippen LogP contribution is 2.11. The summed E-state index contributed by atoms with van der Waals surface area (Å²) < 4.78 is 5.12. The third-order valence-electron chi connectivity index (χ3n) is 2.93. The molecule has 1 aliphatic heterocycles. The van der Waals surface area contributed by atoms with Crippen molar-refractivity contribution < 1.29 is 14.3 Å². The number of methoxy groups -OCH3 is 1. The first-order valence-corrected chi connectivity index (χ1v) is 5.83. The number of carbonyl (C=O) groups excluding carboxylic acids is 2. The molecule has 0 bridgehead atoms. The van der Waals surface area contributed by atoms with Crippen LogP contribution in [0.2, 0.25) is 0 Å². The van der Waals surface area contributed by atoms with Gasteiger partial charge >= 0.3 is 0 Å². The number of nitrogens with one attached hydrogen (secondary N) is 2. The van der Waals surface area contributed by atoms with Crippen LogP contribution in [0.5, 0.6) is 0 Å². The first-order chi connectivity index (χ1) is 8.70. The fourth-order valence-corrected chi connectivity index (χ4v) is 1.98. The predicted molar refractivity (Wildman–Crippen MR) is 65.5 cm³/mol. The zero-order valence-electron chi connectivity index (χ0n) is 10.2. The van der Waals surface area contributed by atoms with Gasteiger partial charge in [0, 0.05) is 13.7 Å². The third-order valence-corrected chi connectivity index (χ3v) is 2.93. The zero-order valence-corrected chi connectivity index (χ0v) is 10.2. The Morgan fingerprint density at radius 3 is 2.67 bits per heavy atom. The standard InChI is InChI=1S/C13H16N2O3/c1-18-8-10-5-3-2-4-9(10)7-14-11-6-12(16)15-13(11)17/h2-5,11,14H,6-8H2,1H3,(H,15,16,17). The van der Waals surface area contributed by atoms with E-state index in [0.29, 0.717) is 13.2 Å². The largest absolute Gasteiger partial charge is 0.380 e. The lowest BCUT2D eigenvalue weighted by atomic mass is 10.1. The summed E-state index contributed by atoms with van der Waals surface area (Å²) in [6, 6.07) is 7.43. The predicted octanol–water partition coefficient (Wildman–Crippen LogP) is 0.338. The second-order valence-electron chi connectivity index (χ2n) is 4.25. The van der Waals surface area contributed by atoms with E-state index in [-0.39, 0.29) is 18.2 Å². The van der Waals surface area contributed by atoms with Crippen LogP contribution < -0.4 is 10.6 Å². The van der Waals surface area contributed by atoms with Crippen molar-refractivity contribution in [1.82, 2.24) is 10.6 Å². The molecule has 0 saturated carbocycles. The fourth-order valence-electron chi connectivity index (χ4n) is 1.98. The van der Waals surface area contributed by atoms with Crippen LogP contribution in [0.15, 0.2) is 24.3 Å². The summed E-state index contributed by atoms with van der Waals surface area (Å²) in [6.45, 7) is 1.08. The Labute approximate surface area is 106 Å². The van der Waals surface area contributed by atoms with Gasteiger partial charge in [-0.05, 0) is 11.1 Å². The second kappa shape index (κ2) is 5.75. The van der Waals surface area contributed by atoms with E-state index in [4.69, 9.17) is 4.74 Å². The number of benzene rings is 1. The topological polar surface area (TPSA) is 67.4 Å². The van der Waals surface area contributed by atoms with Gasteiger partial charge < -0.3 is 10.1 Å². The van der Waals surface area contributed by atoms with Gasteiger partial charge in [-0.3, -0.25) is 14.9 Å². The summed E-state index contributed by atoms with van der Waals surface area (Å²) in [5.74, 6) is -0.466. The van der Waals surface area contributed by atoms with Gasteiger partial charge in [0.05, 0.1) is 19.1 Å². The maximum Gasteiger partial charge on any atom is 0.244 e. The molecule has 5 heteroatoms. The van der Waals surface area contributed by atoms with E-state index in [9.17, 15) is 9.59 Å². The summed E-state index contributed by atoms with van der Waals surface area (Å²) in [7, 11) is 1.65. The first-order valence-electron chi connectivity index (χ1n) is 5.83. The van der Waals surface area contributed by atoms with Gasteiger partial charge in [0.15, 0.2) is 0 Å². The lowest BCUT2D eigenvalue weighted by Crippen LogP contribution is -2.36. The SMILES string of the molecule is COCc1ccccc1CNC1CC(=O)NC1=O. The van der Waals surface area contributed by atoms with Gasteiger partial charge in [0.2, 0.25) is 11.8 Å². The molecule has 1 unspecified atom stereocenters. The van der Waals surface area contributed by atoms with Crippen molar-refractivity contribution in [3.63, 3.8) is 0 Å². The number of carbonyl (C=O) groups is 2. The van der Waals surface area contributed by atoms with Crippen LogP contribution in [0.3, 0.4) is 0 Å². The van der Waals surface area contributed by atoms with Crippen LogP contribution in [0.1, 0.15) is 17.5 Å². The van der Waals surface area contributed by atoms with Gasteiger partial charge in [-0.1, -0.05) is 24.3 Å². The molecule has 2 N–H and O–H groups in total. The number of ether oxygens (including phenoxy) is 1. The maximum absolute atomic E-state index is 11.4. The van der Waals surface area contributed by atoms with Crippen molar-refractivity contribution in [1.29, 1.82) is 0 Å². The van der Waals surface area contributed by atoms with E-state index in [0.717, 1.165) is 11.1 Å². The summed E-state index contributed by atoms with van der Waals surface area (Å²) in [6.07, 6.45) is 0.214. The Bertz CT molecular complexity index is 459. The molecule has 1 heterocycles. The van der Waals surface area contributed by atoms with E-state index in [1.807, 2.05) is 24.3 Å². The van der Waals surface area contributed by atoms with Gasteiger partial charge in [0.25, 0.3) is 0 Å². The van der Waals surface area contributed by atoms with Crippen LogP contribution >= 0.6 is 0 Å². The quantitative estimate of drug-likeness (QED) is 0.737. The summed E-state index contributed by atoms with van der Waals surface area (Å²) in [5.41, 5.74) is 2.16. The molecule has 96 valence electrons. The molecule has 1 aromatic rings. The smallest absolute Gasteiger partial charge is 0.244 e. The molecule has 1 atom stereocenters. The molecule has 1 fully saturated rings. The highest BCUT2D eigenvalue weighted by Gasteiger charge is 2.29. The minimum absolute atomic E-state index is 0.214. The van der Waals surface area contributed by atoms with Gasteiger partial charge in [-0.2, -0.15) is 0 Å². The van der Waals surface area contributed by atoms with Crippen molar-refractivity contribution in [2.45, 2.75) is 25.6 Å². The Balaban J connectivity index is 1.97. The van der Waals surface area contributed by atoms with Crippen molar-refractivity contribution in [3.8, 4) is 0 Å². The van der Waals surface area contributed by atoms with Crippen LogP contribution in [0, 0.1) is 0 Å². The molecule has 2 rings (SSSR count). The van der Waals surface area contributed by atoms with E-state index in [2.05, 4.69) is 10.6 Å². The number of hydrogen-bond donors (Lipinski definition) is 2. The van der Waals surface area contributed by atoms with Crippen LogP contribution in [-0.4, -0.2) is 25.0 Å². The number of imide groups is 1. The minimum Gasteiger partial charge on any atom is -0.380 e. The van der Waals surface area contributed by atoms with Gasteiger partial charge in [-0.25, -0.2) is 0 Å². The number of rotatable bonds is 5. The molecule has 1 aliphatic rings. The second-order valence-corrected chi connectivity index (χ2v) is 4.25. The molecular weight excluding hydrogens is 232 g/mol. The molecule has 5 nitrogen and oxygen atoms in total. The summed E-state index contributed by atoms with van der Waals surface area (Å²) in [5, 5.41) is 5.37. The average molecular weight is 248 g/mol. The molecule has 2 amide bonds. The Morgan fingerprint density at radius 2 is 2.06 bits per heavy atom. The zero-order chi connectivity index (χ0) is 13.0. The van der Waals surface area contributed by atoms with Crippen molar-refractivity contribution in [2.24, 2.45) is 0 Å². The van der Waals surface area contributed by atoms with Crippen LogP contribution in [0.25, 0.3) is 0 Å². The maximum atomic E-state index is 11.4. The Hall–Kier alpha value is -1.72. The lowest BCUT2D eigenvalue weighted by molar-refractivity contribution is -0.125. The summed E-state index contributed by atoms with van der Waals surface area (Å²) >= 11 is 0. The van der Waals surface area contributed by atoms with E-state index in [1.165, 1.54) is 0 Å². The molecule has 0 spiro atoms. The van der Waals surface area contributed by atoms with Crippen molar-refractivity contribution in [3.05, 3.63) is 35.4 Å². The molecule has 0 aromatic heterocycles. The highest BCUT2D eigenvalue weighted by molar-refractivity contribution is 6.05. The number of amides is 2. The van der Waals surface area contributed by atoms with Crippen molar-refractivity contribution in [2.75, 3.05) is 7.11 Å². The number of hydrogen-bond acceptors (Lipinski definition) is 4. The fraction of sp³-hybridized carbons (Fsp3) is 0.385. The molecule has 0 radical (unpaired) electrons. The minimum atomic E-state index is -0.423. The third kappa shape index (κ3) is 2.94. The normalized spacial score (nSPS) is 19.1. The van der Waals surface area contributed by atoms with E-state index in [1.54, 1.807) is 7.11 Å². The van der Waals surface area contributed by atoms with Gasteiger partial charge in [-0.15, -0.1) is 0 Å². The van der Waals surface area contributed by atoms with E-state index >= 15 is 0 Å². The molecular formula is C13H16N2O3. The van der Waals surface area contributed by atoms with E-state index < -0.39 is 6.04 Å². The van der Waals surface area contributed by atoms with Crippen LogP contribution in [-0.2, 0) is 27.5 Å². The Kier molecular flexibility index (Phi) is 4.07. The Morgan fingerprint density at radius 1 is 1.33 bits per heavy atom. The molecule has 18 heavy (non-hydrogen) atoms. The molecule has 0 aliphatic carbocycles. The molecule has 1 aromatic carbocycles. The van der Waals surface area contributed by atoms with Crippen LogP contribution in [0.4, 0.5) is 0 Å².